The SMILES string of the molecule is Cn1cc(C(=O)C23CC4CC(CC(C)(C4)C2)C3)cn1. The maximum atomic E-state index is 13.0. The summed E-state index contributed by atoms with van der Waals surface area (Å²) in [5.74, 6) is 1.97. The van der Waals surface area contributed by atoms with Crippen molar-refractivity contribution in [1.82, 2.24) is 9.78 Å². The molecule has 0 saturated heterocycles. The van der Waals surface area contributed by atoms with Crippen molar-refractivity contribution in [3.8, 4) is 0 Å². The molecule has 4 aliphatic carbocycles. The molecule has 1 aromatic heterocycles. The first-order valence-electron chi connectivity index (χ1n) is 7.52. The number of nitrogens with zero attached hydrogens (tertiary/aromatic N) is 2. The lowest BCUT2D eigenvalue weighted by molar-refractivity contribution is -0.0820. The number of carbonyl (C=O) groups is 1. The summed E-state index contributed by atoms with van der Waals surface area (Å²) in [5, 5.41) is 4.18. The molecule has 4 bridgehead atoms. The van der Waals surface area contributed by atoms with E-state index in [0.29, 0.717) is 11.2 Å². The van der Waals surface area contributed by atoms with E-state index in [1.54, 1.807) is 10.9 Å². The van der Waals surface area contributed by atoms with Gasteiger partial charge in [0.1, 0.15) is 0 Å². The van der Waals surface area contributed by atoms with Gasteiger partial charge >= 0.3 is 0 Å². The Morgan fingerprint density at radius 1 is 1.32 bits per heavy atom. The third-order valence-corrected chi connectivity index (χ3v) is 5.80. The Morgan fingerprint density at radius 2 is 2.00 bits per heavy atom. The number of aryl methyl sites for hydroxylation is 1. The minimum absolute atomic E-state index is 0.0537. The highest BCUT2D eigenvalue weighted by atomic mass is 16.1. The fraction of sp³-hybridized carbons (Fsp3) is 0.750. The number of rotatable bonds is 2. The highest BCUT2D eigenvalue weighted by Gasteiger charge is 2.58. The minimum Gasteiger partial charge on any atom is -0.293 e. The molecular formula is C16H22N2O. The van der Waals surface area contributed by atoms with Crippen LogP contribution in [0.15, 0.2) is 12.4 Å². The van der Waals surface area contributed by atoms with Gasteiger partial charge in [-0.2, -0.15) is 5.10 Å². The van der Waals surface area contributed by atoms with Crippen molar-refractivity contribution in [1.29, 1.82) is 0 Å². The molecule has 0 radical (unpaired) electrons. The smallest absolute Gasteiger partial charge is 0.172 e. The van der Waals surface area contributed by atoms with E-state index in [1.165, 1.54) is 19.3 Å². The lowest BCUT2D eigenvalue weighted by Gasteiger charge is -2.60. The standard InChI is InChI=1S/C16H22N2O/c1-15-4-11-3-12(5-15)7-16(6-11,10-15)14(19)13-8-17-18(2)9-13/h8-9,11-12H,3-7,10H2,1-2H3. The molecule has 4 fully saturated rings. The van der Waals surface area contributed by atoms with Gasteiger partial charge in [-0.25, -0.2) is 0 Å². The second-order valence-electron chi connectivity index (χ2n) is 7.78. The van der Waals surface area contributed by atoms with Crippen LogP contribution in [0.3, 0.4) is 0 Å². The number of Topliss-reactive ketones (excluding diaryl/α,β-unsaturated/α-hetero) is 1. The van der Waals surface area contributed by atoms with Crippen molar-refractivity contribution < 1.29 is 4.79 Å². The van der Waals surface area contributed by atoms with Crippen molar-refractivity contribution in [2.75, 3.05) is 0 Å². The van der Waals surface area contributed by atoms with Crippen LogP contribution in [0.2, 0.25) is 0 Å². The summed E-state index contributed by atoms with van der Waals surface area (Å²) >= 11 is 0. The Labute approximate surface area is 114 Å². The van der Waals surface area contributed by atoms with Gasteiger partial charge in [-0.1, -0.05) is 6.92 Å². The average molecular weight is 258 g/mol. The zero-order chi connectivity index (χ0) is 13.3. The first kappa shape index (κ1) is 11.7. The van der Waals surface area contributed by atoms with Gasteiger partial charge in [-0.3, -0.25) is 9.48 Å². The summed E-state index contributed by atoms with van der Waals surface area (Å²) in [6.45, 7) is 2.41. The lowest BCUT2D eigenvalue weighted by Crippen LogP contribution is -2.53. The van der Waals surface area contributed by atoms with Crippen LogP contribution in [0.4, 0.5) is 0 Å². The van der Waals surface area contributed by atoms with Gasteiger partial charge in [0.2, 0.25) is 0 Å². The molecule has 3 heteroatoms. The van der Waals surface area contributed by atoms with Crippen LogP contribution in [0, 0.1) is 22.7 Å². The summed E-state index contributed by atoms with van der Waals surface area (Å²) in [6.07, 6.45) is 11.1. The number of hydrogen-bond donors (Lipinski definition) is 0. The molecular weight excluding hydrogens is 236 g/mol. The maximum absolute atomic E-state index is 13.0. The molecule has 2 unspecified atom stereocenters. The van der Waals surface area contributed by atoms with Crippen molar-refractivity contribution in [3.05, 3.63) is 18.0 Å². The first-order valence-corrected chi connectivity index (χ1v) is 7.52. The molecule has 2 atom stereocenters. The van der Waals surface area contributed by atoms with Crippen molar-refractivity contribution >= 4 is 5.78 Å². The zero-order valence-corrected chi connectivity index (χ0v) is 11.9. The van der Waals surface area contributed by atoms with Crippen molar-refractivity contribution in [2.24, 2.45) is 29.7 Å². The summed E-state index contributed by atoms with van der Waals surface area (Å²) < 4.78 is 1.75. The van der Waals surface area contributed by atoms with Crippen LogP contribution in [0.1, 0.15) is 55.8 Å². The largest absolute Gasteiger partial charge is 0.293 e. The molecule has 0 aromatic carbocycles. The van der Waals surface area contributed by atoms with E-state index >= 15 is 0 Å². The fourth-order valence-corrected chi connectivity index (χ4v) is 5.83. The van der Waals surface area contributed by atoms with Gasteiger partial charge in [-0.15, -0.1) is 0 Å². The second-order valence-corrected chi connectivity index (χ2v) is 7.78. The van der Waals surface area contributed by atoms with Crippen LogP contribution in [-0.4, -0.2) is 15.6 Å². The molecule has 102 valence electrons. The molecule has 0 N–H and O–H groups in total. The van der Waals surface area contributed by atoms with E-state index in [-0.39, 0.29) is 5.41 Å². The predicted molar refractivity (Wildman–Crippen MR) is 72.8 cm³/mol. The Hall–Kier alpha value is -1.12. The topological polar surface area (TPSA) is 34.9 Å². The van der Waals surface area contributed by atoms with E-state index in [9.17, 15) is 4.79 Å². The monoisotopic (exact) mass is 258 g/mol. The third kappa shape index (κ3) is 1.63. The van der Waals surface area contributed by atoms with Crippen LogP contribution in [-0.2, 0) is 7.05 Å². The van der Waals surface area contributed by atoms with Crippen molar-refractivity contribution in [3.63, 3.8) is 0 Å². The van der Waals surface area contributed by atoms with Crippen molar-refractivity contribution in [2.45, 2.75) is 45.4 Å². The highest BCUT2D eigenvalue weighted by Crippen LogP contribution is 2.65. The Kier molecular flexibility index (Phi) is 2.15. The Bertz CT molecular complexity index is 531. The fourth-order valence-electron chi connectivity index (χ4n) is 5.83. The molecule has 19 heavy (non-hydrogen) atoms. The van der Waals surface area contributed by atoms with Gasteiger partial charge in [-0.05, 0) is 55.8 Å². The van der Waals surface area contributed by atoms with Crippen LogP contribution < -0.4 is 0 Å². The molecule has 0 aliphatic heterocycles. The number of carbonyl (C=O) groups excluding carboxylic acids is 1. The molecule has 1 heterocycles. The quantitative estimate of drug-likeness (QED) is 0.763. The molecule has 5 rings (SSSR count). The van der Waals surface area contributed by atoms with Gasteiger partial charge in [0, 0.05) is 18.7 Å². The number of hydrogen-bond acceptors (Lipinski definition) is 2. The van der Waals surface area contributed by atoms with Crippen LogP contribution >= 0.6 is 0 Å². The zero-order valence-electron chi connectivity index (χ0n) is 11.9. The van der Waals surface area contributed by atoms with E-state index in [1.807, 2.05) is 13.2 Å². The summed E-state index contributed by atoms with van der Waals surface area (Å²) in [7, 11) is 1.89. The van der Waals surface area contributed by atoms with Gasteiger partial charge in [0.25, 0.3) is 0 Å². The molecule has 0 spiro atoms. The average Bonchev–Trinajstić information content (AvgIpc) is 2.71. The van der Waals surface area contributed by atoms with E-state index in [0.717, 1.165) is 36.7 Å². The van der Waals surface area contributed by atoms with E-state index < -0.39 is 0 Å². The van der Waals surface area contributed by atoms with E-state index in [2.05, 4.69) is 12.0 Å². The normalized spacial score (nSPS) is 43.7. The summed E-state index contributed by atoms with van der Waals surface area (Å²) in [4.78, 5) is 13.0. The lowest BCUT2D eigenvalue weighted by atomic mass is 9.43. The summed E-state index contributed by atoms with van der Waals surface area (Å²) in [6, 6.07) is 0. The number of ketones is 1. The van der Waals surface area contributed by atoms with Gasteiger partial charge in [0.05, 0.1) is 11.8 Å². The number of aromatic nitrogens is 2. The first-order chi connectivity index (χ1) is 8.98. The predicted octanol–water partition coefficient (Wildman–Crippen LogP) is 3.21. The van der Waals surface area contributed by atoms with Crippen LogP contribution in [0.5, 0.6) is 0 Å². The minimum atomic E-state index is -0.0537. The molecule has 0 amide bonds. The van der Waals surface area contributed by atoms with E-state index in [4.69, 9.17) is 0 Å². The van der Waals surface area contributed by atoms with Crippen LogP contribution in [0.25, 0.3) is 0 Å². The molecule has 4 aliphatic rings. The molecule has 4 saturated carbocycles. The molecule has 1 aromatic rings. The Morgan fingerprint density at radius 3 is 2.53 bits per heavy atom. The molecule has 3 nitrogen and oxygen atoms in total. The highest BCUT2D eigenvalue weighted by molar-refractivity contribution is 6.00. The van der Waals surface area contributed by atoms with Gasteiger partial charge < -0.3 is 0 Å². The summed E-state index contributed by atoms with van der Waals surface area (Å²) in [5.41, 5.74) is 1.21. The second kappa shape index (κ2) is 3.50. The third-order valence-electron chi connectivity index (χ3n) is 5.80. The van der Waals surface area contributed by atoms with Gasteiger partial charge in [0.15, 0.2) is 5.78 Å². The Balaban J connectivity index is 1.72. The maximum Gasteiger partial charge on any atom is 0.172 e.